The zero-order valence-corrected chi connectivity index (χ0v) is 11.1. The van der Waals surface area contributed by atoms with Gasteiger partial charge in [0.1, 0.15) is 5.60 Å². The van der Waals surface area contributed by atoms with Gasteiger partial charge in [0.25, 0.3) is 0 Å². The molecule has 0 amide bonds. The first-order chi connectivity index (χ1) is 8.19. The third-order valence-corrected chi connectivity index (χ3v) is 4.23. The van der Waals surface area contributed by atoms with Gasteiger partial charge < -0.3 is 10.1 Å². The highest BCUT2D eigenvalue weighted by molar-refractivity contribution is 9.10. The predicted molar refractivity (Wildman–Crippen MR) is 67.9 cm³/mol. The van der Waals surface area contributed by atoms with Gasteiger partial charge in [-0.2, -0.15) is 0 Å². The summed E-state index contributed by atoms with van der Waals surface area (Å²) >= 11 is 3.32. The van der Waals surface area contributed by atoms with Crippen molar-refractivity contribution in [1.29, 1.82) is 0 Å². The van der Waals surface area contributed by atoms with E-state index in [9.17, 15) is 4.39 Å². The van der Waals surface area contributed by atoms with Crippen molar-refractivity contribution in [2.45, 2.75) is 31.3 Å². The molecule has 1 spiro atoms. The maximum absolute atomic E-state index is 13.9. The minimum Gasteiger partial charge on any atom is -0.484 e. The molecule has 1 fully saturated rings. The van der Waals surface area contributed by atoms with Gasteiger partial charge in [-0.05, 0) is 56.5 Å². The lowest BCUT2D eigenvalue weighted by Crippen LogP contribution is -2.48. The molecule has 92 valence electrons. The number of benzene rings is 1. The number of piperidine rings is 1. The fourth-order valence-corrected chi connectivity index (χ4v) is 3.26. The van der Waals surface area contributed by atoms with E-state index in [2.05, 4.69) is 21.2 Å². The summed E-state index contributed by atoms with van der Waals surface area (Å²) in [4.78, 5) is 0. The topological polar surface area (TPSA) is 21.3 Å². The van der Waals surface area contributed by atoms with Crippen molar-refractivity contribution in [1.82, 2.24) is 5.32 Å². The van der Waals surface area contributed by atoms with Gasteiger partial charge in [0.15, 0.2) is 11.6 Å². The van der Waals surface area contributed by atoms with Gasteiger partial charge in [0.2, 0.25) is 0 Å². The van der Waals surface area contributed by atoms with Crippen molar-refractivity contribution < 1.29 is 9.13 Å². The van der Waals surface area contributed by atoms with E-state index >= 15 is 0 Å². The first-order valence-electron chi connectivity index (χ1n) is 6.06. The normalized spacial score (nSPS) is 22.0. The Bertz CT molecular complexity index is 443. The fourth-order valence-electron chi connectivity index (χ4n) is 2.78. The molecular weight excluding hydrogens is 285 g/mol. The summed E-state index contributed by atoms with van der Waals surface area (Å²) in [7, 11) is 0. The number of halogens is 2. The van der Waals surface area contributed by atoms with Crippen LogP contribution in [-0.2, 0) is 6.42 Å². The molecule has 0 aromatic heterocycles. The van der Waals surface area contributed by atoms with E-state index in [0.29, 0.717) is 5.75 Å². The molecule has 2 aliphatic rings. The second kappa shape index (κ2) is 4.25. The Labute approximate surface area is 109 Å². The fraction of sp³-hybridized carbons (Fsp3) is 0.538. The van der Waals surface area contributed by atoms with Crippen molar-refractivity contribution in [3.05, 3.63) is 28.0 Å². The second-order valence-corrected chi connectivity index (χ2v) is 5.83. The highest BCUT2D eigenvalue weighted by Crippen LogP contribution is 2.40. The van der Waals surface area contributed by atoms with Crippen LogP contribution in [0, 0.1) is 5.82 Å². The molecule has 0 bridgehead atoms. The number of aryl methyl sites for hydroxylation is 1. The maximum atomic E-state index is 13.9. The summed E-state index contributed by atoms with van der Waals surface area (Å²) in [6.07, 6.45) is 3.85. The Morgan fingerprint density at radius 3 is 2.76 bits per heavy atom. The molecule has 2 heterocycles. The Hall–Kier alpha value is -0.610. The van der Waals surface area contributed by atoms with E-state index in [1.165, 1.54) is 6.07 Å². The highest BCUT2D eigenvalue weighted by atomic mass is 79.9. The summed E-state index contributed by atoms with van der Waals surface area (Å²) in [6, 6.07) is 3.45. The second-order valence-electron chi connectivity index (χ2n) is 4.91. The molecule has 0 unspecified atom stereocenters. The molecule has 0 aliphatic carbocycles. The molecule has 2 nitrogen and oxygen atoms in total. The maximum Gasteiger partial charge on any atom is 0.166 e. The molecule has 1 aromatic rings. The number of rotatable bonds is 0. The first kappa shape index (κ1) is 11.5. The Kier molecular flexibility index (Phi) is 2.87. The van der Waals surface area contributed by atoms with E-state index in [-0.39, 0.29) is 11.4 Å². The molecule has 0 saturated carbocycles. The molecule has 4 heteroatoms. The van der Waals surface area contributed by atoms with Crippen LogP contribution in [0.3, 0.4) is 0 Å². The van der Waals surface area contributed by atoms with Crippen LogP contribution < -0.4 is 10.1 Å². The van der Waals surface area contributed by atoms with E-state index in [1.54, 1.807) is 0 Å². The average Bonchev–Trinajstić information content (AvgIpc) is 2.32. The monoisotopic (exact) mass is 299 g/mol. The SMILES string of the molecule is Fc1cc(Br)cc2c1OC1(CCNCC1)CC2. The van der Waals surface area contributed by atoms with Crippen LogP contribution in [0.2, 0.25) is 0 Å². The molecule has 1 saturated heterocycles. The Morgan fingerprint density at radius 1 is 1.24 bits per heavy atom. The number of ether oxygens (including phenoxy) is 1. The molecular formula is C13H15BrFNO. The zero-order valence-electron chi connectivity index (χ0n) is 9.56. The number of nitrogens with one attached hydrogen (secondary N) is 1. The van der Waals surface area contributed by atoms with E-state index < -0.39 is 0 Å². The molecule has 17 heavy (non-hydrogen) atoms. The van der Waals surface area contributed by atoms with Crippen LogP contribution in [0.1, 0.15) is 24.8 Å². The van der Waals surface area contributed by atoms with Crippen LogP contribution >= 0.6 is 15.9 Å². The summed E-state index contributed by atoms with van der Waals surface area (Å²) < 4.78 is 20.7. The van der Waals surface area contributed by atoms with Crippen molar-refractivity contribution in [2.24, 2.45) is 0 Å². The van der Waals surface area contributed by atoms with Gasteiger partial charge in [0, 0.05) is 4.47 Å². The number of fused-ring (bicyclic) bond motifs is 1. The molecule has 1 aromatic carbocycles. The predicted octanol–water partition coefficient (Wildman–Crippen LogP) is 3.04. The Morgan fingerprint density at radius 2 is 2.00 bits per heavy atom. The van der Waals surface area contributed by atoms with Crippen LogP contribution in [0.25, 0.3) is 0 Å². The van der Waals surface area contributed by atoms with Crippen molar-refractivity contribution in [2.75, 3.05) is 13.1 Å². The van der Waals surface area contributed by atoms with Crippen LogP contribution in [0.5, 0.6) is 5.75 Å². The van der Waals surface area contributed by atoms with Gasteiger partial charge in [-0.25, -0.2) is 4.39 Å². The number of hydrogen-bond donors (Lipinski definition) is 1. The smallest absolute Gasteiger partial charge is 0.166 e. The third kappa shape index (κ3) is 2.08. The lowest BCUT2D eigenvalue weighted by Gasteiger charge is -2.41. The molecule has 2 aliphatic heterocycles. The quantitative estimate of drug-likeness (QED) is 0.795. The van der Waals surface area contributed by atoms with Crippen LogP contribution in [-0.4, -0.2) is 18.7 Å². The van der Waals surface area contributed by atoms with E-state index in [1.807, 2.05) is 6.07 Å². The van der Waals surface area contributed by atoms with Gasteiger partial charge in [-0.3, -0.25) is 0 Å². The summed E-state index contributed by atoms with van der Waals surface area (Å²) in [5.74, 6) is 0.230. The van der Waals surface area contributed by atoms with Crippen LogP contribution in [0.4, 0.5) is 4.39 Å². The number of hydrogen-bond acceptors (Lipinski definition) is 2. The molecule has 0 atom stereocenters. The minimum absolute atomic E-state index is 0.132. The largest absolute Gasteiger partial charge is 0.484 e. The van der Waals surface area contributed by atoms with Gasteiger partial charge in [0.05, 0.1) is 0 Å². The van der Waals surface area contributed by atoms with Gasteiger partial charge in [-0.1, -0.05) is 15.9 Å². The summed E-state index contributed by atoms with van der Waals surface area (Å²) in [5, 5.41) is 3.32. The van der Waals surface area contributed by atoms with Gasteiger partial charge in [-0.15, -0.1) is 0 Å². The van der Waals surface area contributed by atoms with E-state index in [0.717, 1.165) is 48.8 Å². The Balaban J connectivity index is 1.94. The molecule has 1 N–H and O–H groups in total. The third-order valence-electron chi connectivity index (χ3n) is 3.77. The van der Waals surface area contributed by atoms with Crippen LogP contribution in [0.15, 0.2) is 16.6 Å². The van der Waals surface area contributed by atoms with E-state index in [4.69, 9.17) is 4.74 Å². The summed E-state index contributed by atoms with van der Waals surface area (Å²) in [6.45, 7) is 1.93. The van der Waals surface area contributed by atoms with Gasteiger partial charge >= 0.3 is 0 Å². The average molecular weight is 300 g/mol. The van der Waals surface area contributed by atoms with Crippen molar-refractivity contribution >= 4 is 15.9 Å². The first-order valence-corrected chi connectivity index (χ1v) is 6.86. The zero-order chi connectivity index (χ0) is 11.9. The highest BCUT2D eigenvalue weighted by Gasteiger charge is 2.38. The molecule has 3 rings (SSSR count). The molecule has 0 radical (unpaired) electrons. The lowest BCUT2D eigenvalue weighted by atomic mass is 9.84. The standard InChI is InChI=1S/C13H15BrFNO/c14-10-7-9-1-2-13(3-5-16-6-4-13)17-12(9)11(15)8-10/h7-8,16H,1-6H2. The lowest BCUT2D eigenvalue weighted by molar-refractivity contribution is 0.0131. The van der Waals surface area contributed by atoms with Crippen molar-refractivity contribution in [3.63, 3.8) is 0 Å². The summed E-state index contributed by atoms with van der Waals surface area (Å²) in [5.41, 5.74) is 0.855. The van der Waals surface area contributed by atoms with Crippen molar-refractivity contribution in [3.8, 4) is 5.75 Å². The minimum atomic E-state index is -0.244.